The molecule has 0 N–H and O–H groups in total. The first-order valence-corrected chi connectivity index (χ1v) is 16.6. The highest BCUT2D eigenvalue weighted by Crippen LogP contribution is 2.55. The first-order chi connectivity index (χ1) is 22.9. The molecule has 11 rings (SSSR count). The van der Waals surface area contributed by atoms with Crippen LogP contribution in [0.2, 0.25) is 0 Å². The lowest BCUT2D eigenvalue weighted by atomic mass is 9.91. The lowest BCUT2D eigenvalue weighted by Gasteiger charge is -2.32. The Balaban J connectivity index is 1.28. The summed E-state index contributed by atoms with van der Waals surface area (Å²) in [6, 6.07) is 49.0. The smallest absolute Gasteiger partial charge is 0.235 e. The van der Waals surface area contributed by atoms with Gasteiger partial charge >= 0.3 is 0 Å². The molecule has 0 fully saturated rings. The highest BCUT2D eigenvalue weighted by Gasteiger charge is 2.49. The van der Waals surface area contributed by atoms with Crippen molar-refractivity contribution in [3.63, 3.8) is 0 Å². The molecule has 0 saturated carbocycles. The van der Waals surface area contributed by atoms with E-state index in [1.165, 1.54) is 87.3 Å². The Bertz CT molecular complexity index is 2700. The fraction of sp³-hybridized carbons (Fsp3) is 0.0238. The molecule has 1 aliphatic carbocycles. The predicted octanol–water partition coefficient (Wildman–Crippen LogP) is 10.9. The second kappa shape index (κ2) is 8.94. The van der Waals surface area contributed by atoms with Crippen LogP contribution >= 0.6 is 11.3 Å². The third-order valence-electron chi connectivity index (χ3n) is 10.0. The molecule has 1 unspecified atom stereocenters. The van der Waals surface area contributed by atoms with E-state index < -0.39 is 0 Å². The van der Waals surface area contributed by atoms with Gasteiger partial charge in [0, 0.05) is 56.1 Å². The zero-order valence-electron chi connectivity index (χ0n) is 24.8. The molecule has 0 spiro atoms. The first kappa shape index (κ1) is 24.6. The number of thiophene rings is 1. The van der Waals surface area contributed by atoms with Crippen LogP contribution in [0, 0.1) is 0 Å². The highest BCUT2D eigenvalue weighted by molar-refractivity contribution is 7.26. The third-order valence-corrected chi connectivity index (χ3v) is 11.2. The van der Waals surface area contributed by atoms with Crippen molar-refractivity contribution in [2.75, 3.05) is 4.90 Å². The van der Waals surface area contributed by atoms with Gasteiger partial charge in [0.25, 0.3) is 0 Å². The van der Waals surface area contributed by atoms with E-state index in [1.54, 1.807) is 0 Å². The fourth-order valence-corrected chi connectivity index (χ4v) is 9.45. The van der Waals surface area contributed by atoms with Crippen molar-refractivity contribution in [1.29, 1.82) is 0 Å². The average molecular weight is 605 g/mol. The van der Waals surface area contributed by atoms with Crippen molar-refractivity contribution in [3.8, 4) is 5.69 Å². The lowest BCUT2D eigenvalue weighted by molar-refractivity contribution is 0.931. The molecule has 0 bridgehead atoms. The van der Waals surface area contributed by atoms with Crippen LogP contribution in [0.1, 0.15) is 5.56 Å². The van der Waals surface area contributed by atoms with Gasteiger partial charge in [0.15, 0.2) is 0 Å². The first-order valence-electron chi connectivity index (χ1n) is 15.8. The number of benzene rings is 6. The van der Waals surface area contributed by atoms with E-state index in [4.69, 9.17) is 0 Å². The van der Waals surface area contributed by atoms with Crippen molar-refractivity contribution in [1.82, 2.24) is 9.14 Å². The zero-order valence-corrected chi connectivity index (χ0v) is 25.6. The highest BCUT2D eigenvalue weighted by atomic mass is 32.1. The van der Waals surface area contributed by atoms with Gasteiger partial charge in [-0.1, -0.05) is 97.1 Å². The molecular formula is C42H26N3S+. The van der Waals surface area contributed by atoms with Gasteiger partial charge in [-0.15, -0.1) is 11.3 Å². The van der Waals surface area contributed by atoms with E-state index in [9.17, 15) is 0 Å². The number of rotatable bonds is 2. The molecule has 1 atom stereocenters. The Kier molecular flexibility index (Phi) is 4.78. The molecule has 214 valence electrons. The Morgan fingerprint density at radius 2 is 1.35 bits per heavy atom. The maximum absolute atomic E-state index is 2.58. The van der Waals surface area contributed by atoms with Crippen LogP contribution in [0.25, 0.3) is 53.2 Å². The van der Waals surface area contributed by atoms with Crippen molar-refractivity contribution in [3.05, 3.63) is 157 Å². The molecule has 8 aromatic rings. The Hall–Kier alpha value is -5.71. The number of nitrogens with zero attached hydrogens (tertiary/aromatic N) is 3. The second-order valence-corrected chi connectivity index (χ2v) is 13.4. The van der Waals surface area contributed by atoms with Gasteiger partial charge in [-0.25, -0.2) is 0 Å². The SMILES string of the molecule is C1=CC2=[N+](c3ccccc3)c3ccccc3N3c4ccc5c6ccccc6n(-c6cccc7c6sc6ccccc67)c5c4C(=C1)C23. The van der Waals surface area contributed by atoms with Crippen LogP contribution in [-0.4, -0.2) is 16.3 Å². The van der Waals surface area contributed by atoms with Crippen LogP contribution in [-0.2, 0) is 0 Å². The Morgan fingerprint density at radius 1 is 0.587 bits per heavy atom. The molecule has 3 aliphatic rings. The molecule has 0 saturated heterocycles. The molecule has 4 heterocycles. The van der Waals surface area contributed by atoms with E-state index in [0.717, 1.165) is 0 Å². The summed E-state index contributed by atoms with van der Waals surface area (Å²) < 4.78 is 7.66. The van der Waals surface area contributed by atoms with Crippen LogP contribution in [0.15, 0.2) is 152 Å². The van der Waals surface area contributed by atoms with Crippen LogP contribution < -0.4 is 9.48 Å². The van der Waals surface area contributed by atoms with Crippen molar-refractivity contribution in [2.24, 2.45) is 0 Å². The van der Waals surface area contributed by atoms with Gasteiger partial charge in [-0.3, -0.25) is 0 Å². The van der Waals surface area contributed by atoms with Gasteiger partial charge in [0.05, 0.1) is 27.1 Å². The largest absolute Gasteiger partial charge is 0.318 e. The summed E-state index contributed by atoms with van der Waals surface area (Å²) in [5, 5.41) is 5.21. The lowest BCUT2D eigenvalue weighted by Crippen LogP contribution is -2.43. The second-order valence-electron chi connectivity index (χ2n) is 12.3. The summed E-state index contributed by atoms with van der Waals surface area (Å²) >= 11 is 1.90. The number of allylic oxidation sites excluding steroid dienone is 2. The Labute approximate surface area is 269 Å². The molecule has 6 aromatic carbocycles. The van der Waals surface area contributed by atoms with Crippen molar-refractivity contribution in [2.45, 2.75) is 6.04 Å². The molecule has 2 aromatic heterocycles. The monoisotopic (exact) mass is 604 g/mol. The number of fused-ring (bicyclic) bond motifs is 12. The van der Waals surface area contributed by atoms with E-state index in [0.29, 0.717) is 0 Å². The summed E-state index contributed by atoms with van der Waals surface area (Å²) in [7, 11) is 0. The van der Waals surface area contributed by atoms with Gasteiger partial charge in [-0.2, -0.15) is 4.58 Å². The third kappa shape index (κ3) is 3.04. The molecule has 0 amide bonds. The number of para-hydroxylation sites is 4. The molecule has 46 heavy (non-hydrogen) atoms. The van der Waals surface area contributed by atoms with Crippen molar-refractivity contribution >= 4 is 87.3 Å². The standard InChI is InChI=1S/C42H26N3S/c1-2-12-26(13-3-1)43-33-19-7-8-20-34(33)45-35-25-24-29-27-14-4-6-18-32(27)44(41(29)39(35)31-17-11-21-36(43)40(31)45)37-22-10-16-30-28-15-5-9-23-38(28)46-42(30)37/h1-25,40H/q+1. The van der Waals surface area contributed by atoms with Gasteiger partial charge in [-0.05, 0) is 35.9 Å². The maximum atomic E-state index is 2.58. The van der Waals surface area contributed by atoms with Crippen LogP contribution in [0.3, 0.4) is 0 Å². The zero-order chi connectivity index (χ0) is 29.9. The number of anilines is 2. The molecule has 0 radical (unpaired) electrons. The van der Waals surface area contributed by atoms with E-state index in [-0.39, 0.29) is 6.04 Å². The predicted molar refractivity (Wildman–Crippen MR) is 196 cm³/mol. The minimum Gasteiger partial charge on any atom is -0.318 e. The number of hydrogen-bond donors (Lipinski definition) is 0. The van der Waals surface area contributed by atoms with Gasteiger partial charge < -0.3 is 9.47 Å². The van der Waals surface area contributed by atoms with Crippen molar-refractivity contribution < 1.29 is 0 Å². The average Bonchev–Trinajstić information content (AvgIpc) is 3.78. The summed E-state index contributed by atoms with van der Waals surface area (Å²) in [5.41, 5.74) is 12.6. The van der Waals surface area contributed by atoms with E-state index in [1.807, 2.05) is 11.3 Å². The van der Waals surface area contributed by atoms with Crippen LogP contribution in [0.4, 0.5) is 22.7 Å². The quantitative estimate of drug-likeness (QED) is 0.179. The molecule has 2 aliphatic heterocycles. The van der Waals surface area contributed by atoms with Gasteiger partial charge in [0.2, 0.25) is 17.1 Å². The number of hydrogen-bond acceptors (Lipinski definition) is 2. The molecule has 3 nitrogen and oxygen atoms in total. The summed E-state index contributed by atoms with van der Waals surface area (Å²) in [6.07, 6.45) is 6.91. The Morgan fingerprint density at radius 3 is 2.28 bits per heavy atom. The molecule has 4 heteroatoms. The van der Waals surface area contributed by atoms with E-state index >= 15 is 0 Å². The summed E-state index contributed by atoms with van der Waals surface area (Å²) in [6.45, 7) is 0. The maximum Gasteiger partial charge on any atom is 0.235 e. The summed E-state index contributed by atoms with van der Waals surface area (Å²) in [4.78, 5) is 2.58. The topological polar surface area (TPSA) is 11.2 Å². The van der Waals surface area contributed by atoms with Crippen LogP contribution in [0.5, 0.6) is 0 Å². The van der Waals surface area contributed by atoms with Gasteiger partial charge in [0.1, 0.15) is 11.7 Å². The minimum atomic E-state index is 0.0762. The normalized spacial score (nSPS) is 16.4. The minimum absolute atomic E-state index is 0.0762. The molecular weight excluding hydrogens is 579 g/mol. The summed E-state index contributed by atoms with van der Waals surface area (Å²) in [5.74, 6) is 0. The number of aromatic nitrogens is 1. The van der Waals surface area contributed by atoms with E-state index in [2.05, 4.69) is 166 Å². The fourth-order valence-electron chi connectivity index (χ4n) is 8.24.